The highest BCUT2D eigenvalue weighted by molar-refractivity contribution is 7.99. The standard InChI is InChI=1S/C13H20N2O2S/c1-9-7-15(10(2)11-5-3-4-6-11)13(14-9)18-8-12(16)17/h7,10-11H,3-6,8H2,1-2H3,(H,16,17). The molecule has 2 rings (SSSR count). The summed E-state index contributed by atoms with van der Waals surface area (Å²) >= 11 is 1.32. The number of carbonyl (C=O) groups is 1. The van der Waals surface area contributed by atoms with Crippen LogP contribution in [-0.2, 0) is 4.79 Å². The van der Waals surface area contributed by atoms with E-state index >= 15 is 0 Å². The summed E-state index contributed by atoms with van der Waals surface area (Å²) in [5.41, 5.74) is 0.965. The van der Waals surface area contributed by atoms with Gasteiger partial charge in [0.05, 0.1) is 11.4 Å². The second kappa shape index (κ2) is 5.78. The van der Waals surface area contributed by atoms with E-state index in [1.807, 2.05) is 13.1 Å². The Morgan fingerprint density at radius 2 is 2.28 bits per heavy atom. The molecule has 1 aromatic rings. The van der Waals surface area contributed by atoms with Gasteiger partial charge in [-0.3, -0.25) is 4.79 Å². The van der Waals surface area contributed by atoms with E-state index in [0.717, 1.165) is 10.9 Å². The minimum absolute atomic E-state index is 0.0772. The summed E-state index contributed by atoms with van der Waals surface area (Å²) in [6.07, 6.45) is 7.25. The zero-order valence-electron chi connectivity index (χ0n) is 10.9. The normalized spacial score (nSPS) is 18.1. The first-order chi connectivity index (χ1) is 8.58. The Morgan fingerprint density at radius 3 is 2.89 bits per heavy atom. The van der Waals surface area contributed by atoms with Crippen molar-refractivity contribution in [2.45, 2.75) is 50.7 Å². The molecule has 1 aliphatic carbocycles. The minimum Gasteiger partial charge on any atom is -0.481 e. The molecule has 100 valence electrons. The lowest BCUT2D eigenvalue weighted by Gasteiger charge is -2.22. The molecule has 1 saturated carbocycles. The molecule has 0 amide bonds. The molecule has 5 heteroatoms. The molecule has 4 nitrogen and oxygen atoms in total. The van der Waals surface area contributed by atoms with Crippen LogP contribution in [0.2, 0.25) is 0 Å². The van der Waals surface area contributed by atoms with Gasteiger partial charge in [0.2, 0.25) is 0 Å². The summed E-state index contributed by atoms with van der Waals surface area (Å²) in [6, 6.07) is 0.421. The topological polar surface area (TPSA) is 55.1 Å². The van der Waals surface area contributed by atoms with Crippen LogP contribution in [0, 0.1) is 12.8 Å². The molecule has 1 fully saturated rings. The van der Waals surface area contributed by atoms with Crippen molar-refractivity contribution in [3.63, 3.8) is 0 Å². The predicted molar refractivity (Wildman–Crippen MR) is 72.0 cm³/mol. The predicted octanol–water partition coefficient (Wildman–Crippen LogP) is 3.12. The van der Waals surface area contributed by atoms with E-state index in [1.165, 1.54) is 37.4 Å². The maximum absolute atomic E-state index is 10.7. The van der Waals surface area contributed by atoms with E-state index in [0.29, 0.717) is 12.0 Å². The SMILES string of the molecule is Cc1cn(C(C)C2CCCC2)c(SCC(=O)O)n1. The van der Waals surface area contributed by atoms with Crippen LogP contribution < -0.4 is 0 Å². The van der Waals surface area contributed by atoms with Crippen molar-refractivity contribution >= 4 is 17.7 Å². The van der Waals surface area contributed by atoms with Crippen LogP contribution in [0.15, 0.2) is 11.4 Å². The fourth-order valence-electron chi connectivity index (χ4n) is 2.69. The van der Waals surface area contributed by atoms with Gasteiger partial charge in [-0.15, -0.1) is 0 Å². The number of hydrogen-bond donors (Lipinski definition) is 1. The molecule has 1 N–H and O–H groups in total. The van der Waals surface area contributed by atoms with Gasteiger partial charge in [-0.05, 0) is 32.6 Å². The molecule has 0 aliphatic heterocycles. The molecule has 1 heterocycles. The van der Waals surface area contributed by atoms with Crippen molar-refractivity contribution in [1.82, 2.24) is 9.55 Å². The Bertz CT molecular complexity index is 425. The molecule has 1 unspecified atom stereocenters. The van der Waals surface area contributed by atoms with Crippen LogP contribution in [0.1, 0.15) is 44.3 Å². The average Bonchev–Trinajstić information content (AvgIpc) is 2.94. The van der Waals surface area contributed by atoms with Crippen molar-refractivity contribution in [2.75, 3.05) is 5.75 Å². The molecular formula is C13H20N2O2S. The number of carboxylic acids is 1. The lowest BCUT2D eigenvalue weighted by molar-refractivity contribution is -0.133. The molecule has 0 spiro atoms. The fourth-order valence-corrected chi connectivity index (χ4v) is 3.51. The molecule has 1 atom stereocenters. The lowest BCUT2D eigenvalue weighted by Crippen LogP contribution is -2.14. The van der Waals surface area contributed by atoms with Gasteiger partial charge < -0.3 is 9.67 Å². The first-order valence-corrected chi connectivity index (χ1v) is 7.46. The Morgan fingerprint density at radius 1 is 1.61 bits per heavy atom. The van der Waals surface area contributed by atoms with Crippen LogP contribution >= 0.6 is 11.8 Å². The molecule has 0 aromatic carbocycles. The van der Waals surface area contributed by atoms with Crippen molar-refractivity contribution in [3.8, 4) is 0 Å². The number of aliphatic carboxylic acids is 1. The van der Waals surface area contributed by atoms with Crippen LogP contribution in [0.25, 0.3) is 0 Å². The third kappa shape index (κ3) is 3.07. The molecular weight excluding hydrogens is 248 g/mol. The number of carboxylic acid groups (broad SMARTS) is 1. The Kier molecular flexibility index (Phi) is 4.32. The number of nitrogens with zero attached hydrogens (tertiary/aromatic N) is 2. The van der Waals surface area contributed by atoms with Crippen molar-refractivity contribution in [2.24, 2.45) is 5.92 Å². The van der Waals surface area contributed by atoms with Crippen LogP contribution in [-0.4, -0.2) is 26.4 Å². The number of imidazole rings is 1. The third-order valence-corrected chi connectivity index (χ3v) is 4.62. The highest BCUT2D eigenvalue weighted by atomic mass is 32.2. The summed E-state index contributed by atoms with van der Waals surface area (Å²) in [5.74, 6) is -0.00287. The third-order valence-electron chi connectivity index (χ3n) is 3.66. The second-order valence-electron chi connectivity index (χ2n) is 5.04. The first kappa shape index (κ1) is 13.5. The Labute approximate surface area is 112 Å². The lowest BCUT2D eigenvalue weighted by atomic mass is 10.00. The summed E-state index contributed by atoms with van der Waals surface area (Å²) < 4.78 is 2.17. The molecule has 0 saturated heterocycles. The van der Waals surface area contributed by atoms with Gasteiger partial charge in [-0.1, -0.05) is 24.6 Å². The van der Waals surface area contributed by atoms with Crippen molar-refractivity contribution in [1.29, 1.82) is 0 Å². The van der Waals surface area contributed by atoms with Crippen LogP contribution in [0.3, 0.4) is 0 Å². The molecule has 1 aromatic heterocycles. The van der Waals surface area contributed by atoms with Gasteiger partial charge in [0.25, 0.3) is 0 Å². The number of aromatic nitrogens is 2. The van der Waals surface area contributed by atoms with Crippen LogP contribution in [0.5, 0.6) is 0 Å². The van der Waals surface area contributed by atoms with E-state index < -0.39 is 5.97 Å². The molecule has 1 aliphatic rings. The Hall–Kier alpha value is -0.970. The monoisotopic (exact) mass is 268 g/mol. The van der Waals surface area contributed by atoms with E-state index in [1.54, 1.807) is 0 Å². The highest BCUT2D eigenvalue weighted by Gasteiger charge is 2.24. The molecule has 0 radical (unpaired) electrons. The first-order valence-electron chi connectivity index (χ1n) is 6.48. The largest absolute Gasteiger partial charge is 0.481 e. The highest BCUT2D eigenvalue weighted by Crippen LogP contribution is 2.36. The van der Waals surface area contributed by atoms with E-state index in [2.05, 4.69) is 16.5 Å². The summed E-state index contributed by atoms with van der Waals surface area (Å²) in [5, 5.41) is 9.61. The van der Waals surface area contributed by atoms with Gasteiger partial charge in [0, 0.05) is 12.2 Å². The number of aryl methyl sites for hydroxylation is 1. The van der Waals surface area contributed by atoms with Gasteiger partial charge in [0.1, 0.15) is 0 Å². The average molecular weight is 268 g/mol. The zero-order valence-corrected chi connectivity index (χ0v) is 11.7. The van der Waals surface area contributed by atoms with Gasteiger partial charge in [0.15, 0.2) is 5.16 Å². The van der Waals surface area contributed by atoms with Crippen LogP contribution in [0.4, 0.5) is 0 Å². The van der Waals surface area contributed by atoms with E-state index in [9.17, 15) is 4.79 Å². The Balaban J connectivity index is 2.12. The summed E-state index contributed by atoms with van der Waals surface area (Å²) in [4.78, 5) is 15.1. The van der Waals surface area contributed by atoms with Gasteiger partial charge >= 0.3 is 5.97 Å². The molecule has 0 bridgehead atoms. The van der Waals surface area contributed by atoms with E-state index in [-0.39, 0.29) is 5.75 Å². The second-order valence-corrected chi connectivity index (χ2v) is 5.98. The van der Waals surface area contributed by atoms with Crippen molar-refractivity contribution < 1.29 is 9.90 Å². The van der Waals surface area contributed by atoms with Gasteiger partial charge in [-0.2, -0.15) is 0 Å². The number of hydrogen-bond acceptors (Lipinski definition) is 3. The molecule has 18 heavy (non-hydrogen) atoms. The summed E-state index contributed by atoms with van der Waals surface area (Å²) in [7, 11) is 0. The minimum atomic E-state index is -0.791. The summed E-state index contributed by atoms with van der Waals surface area (Å²) in [6.45, 7) is 4.19. The quantitative estimate of drug-likeness (QED) is 0.834. The number of rotatable bonds is 5. The van der Waals surface area contributed by atoms with Gasteiger partial charge in [-0.25, -0.2) is 4.98 Å². The zero-order chi connectivity index (χ0) is 13.1. The fraction of sp³-hybridized carbons (Fsp3) is 0.692. The maximum Gasteiger partial charge on any atom is 0.313 e. The maximum atomic E-state index is 10.7. The smallest absolute Gasteiger partial charge is 0.313 e. The number of thioether (sulfide) groups is 1. The van der Waals surface area contributed by atoms with E-state index in [4.69, 9.17) is 5.11 Å². The van der Waals surface area contributed by atoms with Crippen molar-refractivity contribution in [3.05, 3.63) is 11.9 Å².